The molecule has 1 atom stereocenters. The van der Waals surface area contributed by atoms with E-state index >= 15 is 0 Å². The maximum atomic E-state index is 13.0. The largest absolute Gasteiger partial charge is 0.352 e. The summed E-state index contributed by atoms with van der Waals surface area (Å²) in [6.07, 6.45) is 3.66. The number of hydrogen-bond acceptors (Lipinski definition) is 4. The van der Waals surface area contributed by atoms with Crippen molar-refractivity contribution in [3.05, 3.63) is 81.0 Å². The predicted octanol–water partition coefficient (Wildman–Crippen LogP) is 1.82. The zero-order chi connectivity index (χ0) is 23.2. The van der Waals surface area contributed by atoms with Gasteiger partial charge in [0.1, 0.15) is 6.54 Å². The van der Waals surface area contributed by atoms with Crippen molar-refractivity contribution in [1.29, 1.82) is 0 Å². The molecule has 0 aliphatic carbocycles. The molecule has 172 valence electrons. The van der Waals surface area contributed by atoms with Crippen molar-refractivity contribution in [2.24, 2.45) is 0 Å². The molecule has 2 amide bonds. The molecule has 33 heavy (non-hydrogen) atoms. The SMILES string of the molecule is O=C(CCCc1ccccc1)NC1CCCN(C(=O)Cn2c(=O)[nH]c(=O)c3ccccc32)C1. The molecule has 2 N–H and O–H groups in total. The first kappa shape index (κ1) is 22.5. The second kappa shape index (κ2) is 10.3. The molecule has 1 saturated heterocycles. The molecule has 3 aromatic rings. The first-order valence-corrected chi connectivity index (χ1v) is 11.3. The Morgan fingerprint density at radius 3 is 2.61 bits per heavy atom. The van der Waals surface area contributed by atoms with Crippen molar-refractivity contribution in [1.82, 2.24) is 19.8 Å². The number of amides is 2. The lowest BCUT2D eigenvalue weighted by atomic mass is 10.0. The standard InChI is InChI=1S/C25H28N4O4/c30-22(14-6-10-18-8-2-1-3-9-18)26-19-11-7-15-28(16-19)23(31)17-29-21-13-5-4-12-20(21)24(32)27-25(29)33/h1-5,8-9,12-13,19H,6-7,10-11,14-17H2,(H,26,30)(H,27,32,33). The molecular weight excluding hydrogens is 420 g/mol. The van der Waals surface area contributed by atoms with Crippen LogP contribution in [0.25, 0.3) is 10.9 Å². The van der Waals surface area contributed by atoms with Crippen LogP contribution < -0.4 is 16.6 Å². The van der Waals surface area contributed by atoms with Gasteiger partial charge in [0.25, 0.3) is 5.56 Å². The Hall–Kier alpha value is -3.68. The van der Waals surface area contributed by atoms with E-state index in [1.807, 2.05) is 18.2 Å². The van der Waals surface area contributed by atoms with Crippen molar-refractivity contribution in [3.8, 4) is 0 Å². The van der Waals surface area contributed by atoms with Crippen LogP contribution in [0.4, 0.5) is 0 Å². The minimum absolute atomic E-state index is 0.00641. The molecule has 1 aromatic heterocycles. The van der Waals surface area contributed by atoms with Gasteiger partial charge < -0.3 is 10.2 Å². The number of benzene rings is 2. The third-order valence-electron chi connectivity index (χ3n) is 6.05. The lowest BCUT2D eigenvalue weighted by Crippen LogP contribution is -2.50. The number of para-hydroxylation sites is 1. The van der Waals surface area contributed by atoms with Crippen molar-refractivity contribution in [3.63, 3.8) is 0 Å². The van der Waals surface area contributed by atoms with Crippen LogP contribution in [0.3, 0.4) is 0 Å². The smallest absolute Gasteiger partial charge is 0.329 e. The Kier molecular flexibility index (Phi) is 7.02. The first-order valence-electron chi connectivity index (χ1n) is 11.3. The normalized spacial score (nSPS) is 16.0. The fourth-order valence-electron chi connectivity index (χ4n) is 4.35. The summed E-state index contributed by atoms with van der Waals surface area (Å²) in [5.74, 6) is -0.217. The highest BCUT2D eigenvalue weighted by Crippen LogP contribution is 2.13. The minimum atomic E-state index is -0.604. The minimum Gasteiger partial charge on any atom is -0.352 e. The molecule has 8 nitrogen and oxygen atoms in total. The van der Waals surface area contributed by atoms with Crippen LogP contribution in [0.5, 0.6) is 0 Å². The van der Waals surface area contributed by atoms with E-state index in [0.717, 1.165) is 25.7 Å². The Labute approximate surface area is 191 Å². The number of fused-ring (bicyclic) bond motifs is 1. The van der Waals surface area contributed by atoms with E-state index in [0.29, 0.717) is 30.4 Å². The molecule has 0 saturated carbocycles. The molecule has 1 fully saturated rings. The topological polar surface area (TPSA) is 104 Å². The summed E-state index contributed by atoms with van der Waals surface area (Å²) >= 11 is 0. The van der Waals surface area contributed by atoms with E-state index in [-0.39, 0.29) is 24.4 Å². The number of likely N-dealkylation sites (tertiary alicyclic amines) is 1. The average molecular weight is 449 g/mol. The van der Waals surface area contributed by atoms with E-state index in [9.17, 15) is 19.2 Å². The summed E-state index contributed by atoms with van der Waals surface area (Å²) in [6, 6.07) is 16.7. The van der Waals surface area contributed by atoms with E-state index in [4.69, 9.17) is 0 Å². The van der Waals surface area contributed by atoms with E-state index in [1.54, 1.807) is 29.2 Å². The van der Waals surface area contributed by atoms with Gasteiger partial charge in [0.05, 0.1) is 10.9 Å². The number of carbonyl (C=O) groups is 2. The van der Waals surface area contributed by atoms with Gasteiger partial charge in [-0.05, 0) is 43.4 Å². The highest BCUT2D eigenvalue weighted by atomic mass is 16.2. The molecule has 2 aromatic carbocycles. The summed E-state index contributed by atoms with van der Waals surface area (Å²) in [7, 11) is 0. The molecule has 1 aliphatic heterocycles. The lowest BCUT2D eigenvalue weighted by Gasteiger charge is -2.33. The van der Waals surface area contributed by atoms with Gasteiger partial charge >= 0.3 is 5.69 Å². The van der Waals surface area contributed by atoms with Crippen LogP contribution in [-0.4, -0.2) is 45.4 Å². The Morgan fingerprint density at radius 1 is 1.03 bits per heavy atom. The van der Waals surface area contributed by atoms with Crippen molar-refractivity contribution in [2.45, 2.75) is 44.7 Å². The van der Waals surface area contributed by atoms with Gasteiger partial charge in [-0.25, -0.2) is 4.79 Å². The molecule has 0 radical (unpaired) electrons. The van der Waals surface area contributed by atoms with Crippen molar-refractivity contribution < 1.29 is 9.59 Å². The monoisotopic (exact) mass is 448 g/mol. The van der Waals surface area contributed by atoms with Crippen LogP contribution in [0.1, 0.15) is 31.2 Å². The lowest BCUT2D eigenvalue weighted by molar-refractivity contribution is -0.134. The first-order chi connectivity index (χ1) is 16.0. The van der Waals surface area contributed by atoms with Crippen molar-refractivity contribution >= 4 is 22.7 Å². The zero-order valence-corrected chi connectivity index (χ0v) is 18.5. The molecule has 1 unspecified atom stereocenters. The zero-order valence-electron chi connectivity index (χ0n) is 18.5. The third-order valence-corrected chi connectivity index (χ3v) is 6.05. The second-order valence-electron chi connectivity index (χ2n) is 8.45. The van der Waals surface area contributed by atoms with Crippen LogP contribution in [0.15, 0.2) is 64.2 Å². The summed E-state index contributed by atoms with van der Waals surface area (Å²) in [5, 5.41) is 3.42. The van der Waals surface area contributed by atoms with E-state index in [2.05, 4.69) is 22.4 Å². The maximum Gasteiger partial charge on any atom is 0.329 e. The highest BCUT2D eigenvalue weighted by molar-refractivity contribution is 5.82. The fraction of sp³-hybridized carbons (Fsp3) is 0.360. The van der Waals surface area contributed by atoms with Gasteiger partial charge in [0, 0.05) is 25.6 Å². The molecule has 1 aliphatic rings. The quantitative estimate of drug-likeness (QED) is 0.575. The number of aromatic amines is 1. The Bertz CT molecular complexity index is 1250. The van der Waals surface area contributed by atoms with Crippen LogP contribution >= 0.6 is 0 Å². The third kappa shape index (κ3) is 5.58. The number of rotatable bonds is 7. The number of nitrogens with zero attached hydrogens (tertiary/aromatic N) is 2. The highest BCUT2D eigenvalue weighted by Gasteiger charge is 2.25. The van der Waals surface area contributed by atoms with Gasteiger partial charge in [-0.3, -0.25) is 23.9 Å². The predicted molar refractivity (Wildman–Crippen MR) is 126 cm³/mol. The van der Waals surface area contributed by atoms with Crippen LogP contribution in [0.2, 0.25) is 0 Å². The Balaban J connectivity index is 1.33. The van der Waals surface area contributed by atoms with Gasteiger partial charge in [-0.1, -0.05) is 42.5 Å². The number of H-pyrrole nitrogens is 1. The summed E-state index contributed by atoms with van der Waals surface area (Å²) in [6.45, 7) is 0.836. The number of nitrogens with one attached hydrogen (secondary N) is 2. The molecule has 8 heteroatoms. The number of aryl methyl sites for hydroxylation is 1. The number of hydrogen-bond donors (Lipinski definition) is 2. The van der Waals surface area contributed by atoms with Gasteiger partial charge in [-0.15, -0.1) is 0 Å². The maximum absolute atomic E-state index is 13.0. The van der Waals surface area contributed by atoms with Gasteiger partial charge in [0.15, 0.2) is 0 Å². The molecule has 2 heterocycles. The molecule has 4 rings (SSSR count). The summed E-state index contributed by atoms with van der Waals surface area (Å²) in [5.41, 5.74) is 0.573. The van der Waals surface area contributed by atoms with E-state index < -0.39 is 11.2 Å². The summed E-state index contributed by atoms with van der Waals surface area (Å²) in [4.78, 5) is 53.7. The van der Waals surface area contributed by atoms with Crippen molar-refractivity contribution in [2.75, 3.05) is 13.1 Å². The second-order valence-corrected chi connectivity index (χ2v) is 8.45. The van der Waals surface area contributed by atoms with E-state index in [1.165, 1.54) is 10.1 Å². The number of carbonyl (C=O) groups excluding carboxylic acids is 2. The summed E-state index contributed by atoms with van der Waals surface area (Å²) < 4.78 is 1.30. The average Bonchev–Trinajstić information content (AvgIpc) is 2.82. The molecule has 0 spiro atoms. The van der Waals surface area contributed by atoms with Gasteiger partial charge in [0.2, 0.25) is 11.8 Å². The molecule has 0 bridgehead atoms. The molecular formula is C25H28N4O4. The Morgan fingerprint density at radius 2 is 1.79 bits per heavy atom. The number of aromatic nitrogens is 2. The van der Waals surface area contributed by atoms with Crippen LogP contribution in [0, 0.1) is 0 Å². The fourth-order valence-corrected chi connectivity index (χ4v) is 4.35. The number of piperidine rings is 1. The van der Waals surface area contributed by atoms with Crippen LogP contribution in [-0.2, 0) is 22.6 Å². The van der Waals surface area contributed by atoms with Gasteiger partial charge in [-0.2, -0.15) is 0 Å².